The fourth-order valence-corrected chi connectivity index (χ4v) is 3.28. The lowest BCUT2D eigenvalue weighted by molar-refractivity contribution is 0.0937. The van der Waals surface area contributed by atoms with Gasteiger partial charge >= 0.3 is 0 Å². The minimum atomic E-state index is -3.67. The van der Waals surface area contributed by atoms with E-state index in [9.17, 15) is 13.2 Å². The molecule has 0 saturated heterocycles. The second-order valence-electron chi connectivity index (χ2n) is 5.08. The summed E-state index contributed by atoms with van der Waals surface area (Å²) in [6.45, 7) is 0.812. The molecule has 7 heteroatoms. The molecule has 0 aromatic heterocycles. The molecule has 24 heavy (non-hydrogen) atoms. The van der Waals surface area contributed by atoms with Gasteiger partial charge in [0.05, 0.1) is 17.2 Å². The monoisotopic (exact) mass is 348 g/mol. The van der Waals surface area contributed by atoms with Gasteiger partial charge < -0.3 is 10.1 Å². The Morgan fingerprint density at radius 1 is 1.08 bits per heavy atom. The van der Waals surface area contributed by atoms with E-state index in [1.807, 2.05) is 6.07 Å². The van der Waals surface area contributed by atoms with Crippen molar-refractivity contribution in [3.8, 4) is 0 Å². The van der Waals surface area contributed by atoms with E-state index in [-0.39, 0.29) is 10.8 Å². The highest BCUT2D eigenvalue weighted by molar-refractivity contribution is 7.92. The third-order valence-corrected chi connectivity index (χ3v) is 5.29. The zero-order chi connectivity index (χ0) is 17.6. The summed E-state index contributed by atoms with van der Waals surface area (Å²) < 4.78 is 31.3. The Morgan fingerprint density at radius 3 is 2.29 bits per heavy atom. The molecule has 0 aliphatic carbocycles. The summed E-state index contributed by atoms with van der Waals surface area (Å²) in [5.74, 6) is -0.271. The van der Waals surface area contributed by atoms with Crippen LogP contribution in [0.3, 0.4) is 0 Å². The van der Waals surface area contributed by atoms with Crippen LogP contribution in [0, 0.1) is 0 Å². The number of methoxy groups -OCH3 is 1. The largest absolute Gasteiger partial charge is 0.383 e. The molecule has 0 fully saturated rings. The second kappa shape index (κ2) is 7.94. The number of anilines is 1. The van der Waals surface area contributed by atoms with E-state index < -0.39 is 10.0 Å². The van der Waals surface area contributed by atoms with Crippen molar-refractivity contribution in [2.45, 2.75) is 4.90 Å². The standard InChI is InChI=1S/C17H20N2O4S/c1-19(15-6-4-3-5-7-15)24(21,22)16-10-8-14(9-11-16)17(20)18-12-13-23-2/h3-11H,12-13H2,1-2H3,(H,18,20). The van der Waals surface area contributed by atoms with Crippen LogP contribution in [0.15, 0.2) is 59.5 Å². The van der Waals surface area contributed by atoms with Gasteiger partial charge in [-0.25, -0.2) is 8.42 Å². The fourth-order valence-electron chi connectivity index (χ4n) is 2.08. The lowest BCUT2D eigenvalue weighted by Crippen LogP contribution is -2.28. The van der Waals surface area contributed by atoms with Crippen molar-refractivity contribution in [2.24, 2.45) is 0 Å². The zero-order valence-corrected chi connectivity index (χ0v) is 14.4. The number of benzene rings is 2. The number of nitrogens with zero attached hydrogens (tertiary/aromatic N) is 1. The lowest BCUT2D eigenvalue weighted by atomic mass is 10.2. The molecule has 0 saturated carbocycles. The molecule has 0 unspecified atom stereocenters. The van der Waals surface area contributed by atoms with E-state index in [2.05, 4.69) is 5.32 Å². The molecule has 2 rings (SSSR count). The van der Waals surface area contributed by atoms with E-state index in [1.54, 1.807) is 31.4 Å². The van der Waals surface area contributed by atoms with Gasteiger partial charge in [-0.3, -0.25) is 9.10 Å². The molecule has 0 heterocycles. The van der Waals surface area contributed by atoms with Crippen LogP contribution in [0.5, 0.6) is 0 Å². The average Bonchev–Trinajstić information content (AvgIpc) is 2.62. The molecule has 0 spiro atoms. The topological polar surface area (TPSA) is 75.7 Å². The maximum Gasteiger partial charge on any atom is 0.264 e. The van der Waals surface area contributed by atoms with Crippen LogP contribution in [0.1, 0.15) is 10.4 Å². The molecule has 0 aliphatic rings. The highest BCUT2D eigenvalue weighted by Crippen LogP contribution is 2.21. The number of hydrogen-bond donors (Lipinski definition) is 1. The Balaban J connectivity index is 2.16. The first-order chi connectivity index (χ1) is 11.5. The third-order valence-electron chi connectivity index (χ3n) is 3.49. The van der Waals surface area contributed by atoms with E-state index in [4.69, 9.17) is 4.74 Å². The Morgan fingerprint density at radius 2 is 1.71 bits per heavy atom. The Kier molecular flexibility index (Phi) is 5.94. The van der Waals surface area contributed by atoms with E-state index in [0.29, 0.717) is 24.4 Å². The smallest absolute Gasteiger partial charge is 0.264 e. The SMILES string of the molecule is COCCNC(=O)c1ccc(S(=O)(=O)N(C)c2ccccc2)cc1. The molecular weight excluding hydrogens is 328 g/mol. The maximum absolute atomic E-state index is 12.6. The van der Waals surface area contributed by atoms with Crippen molar-refractivity contribution in [1.29, 1.82) is 0 Å². The lowest BCUT2D eigenvalue weighted by Gasteiger charge is -2.19. The molecule has 1 N–H and O–H groups in total. The highest BCUT2D eigenvalue weighted by Gasteiger charge is 2.21. The molecule has 128 valence electrons. The molecule has 0 atom stereocenters. The summed E-state index contributed by atoms with van der Waals surface area (Å²) in [7, 11) is -0.627. The summed E-state index contributed by atoms with van der Waals surface area (Å²) in [5, 5.41) is 2.68. The van der Waals surface area contributed by atoms with Gasteiger partial charge in [0, 0.05) is 26.3 Å². The zero-order valence-electron chi connectivity index (χ0n) is 13.6. The number of ether oxygens (including phenoxy) is 1. The number of nitrogens with one attached hydrogen (secondary N) is 1. The molecule has 2 aromatic carbocycles. The summed E-state index contributed by atoms with van der Waals surface area (Å²) in [6, 6.07) is 14.6. The van der Waals surface area contributed by atoms with Gasteiger partial charge in [0.2, 0.25) is 0 Å². The van der Waals surface area contributed by atoms with Crippen LogP contribution in [-0.2, 0) is 14.8 Å². The minimum Gasteiger partial charge on any atom is -0.383 e. The van der Waals surface area contributed by atoms with Gasteiger partial charge in [-0.05, 0) is 36.4 Å². The molecule has 0 aliphatic heterocycles. The fraction of sp³-hybridized carbons (Fsp3) is 0.235. The Labute approximate surface area is 142 Å². The van der Waals surface area contributed by atoms with Gasteiger partial charge in [0.25, 0.3) is 15.9 Å². The molecule has 1 amide bonds. The normalized spacial score (nSPS) is 11.1. The molecular formula is C17H20N2O4S. The predicted molar refractivity (Wildman–Crippen MR) is 92.7 cm³/mol. The molecule has 0 radical (unpaired) electrons. The average molecular weight is 348 g/mol. The number of amides is 1. The van der Waals surface area contributed by atoms with Crippen molar-refractivity contribution >= 4 is 21.6 Å². The van der Waals surface area contributed by atoms with Gasteiger partial charge in [0.1, 0.15) is 0 Å². The molecule has 0 bridgehead atoms. The number of carbonyl (C=O) groups excluding carboxylic acids is 1. The minimum absolute atomic E-state index is 0.127. The van der Waals surface area contributed by atoms with Gasteiger partial charge in [-0.1, -0.05) is 18.2 Å². The maximum atomic E-state index is 12.6. The van der Waals surface area contributed by atoms with Gasteiger partial charge in [0.15, 0.2) is 0 Å². The summed E-state index contributed by atoms with van der Waals surface area (Å²) >= 11 is 0. The van der Waals surface area contributed by atoms with Crippen molar-refractivity contribution < 1.29 is 17.9 Å². The van der Waals surface area contributed by atoms with Crippen LogP contribution in [0.4, 0.5) is 5.69 Å². The predicted octanol–water partition coefficient (Wildman–Crippen LogP) is 1.89. The second-order valence-corrected chi connectivity index (χ2v) is 7.05. The van der Waals surface area contributed by atoms with Crippen molar-refractivity contribution in [1.82, 2.24) is 5.32 Å². The quantitative estimate of drug-likeness (QED) is 0.775. The Hall–Kier alpha value is -2.38. The number of sulfonamides is 1. The third kappa shape index (κ3) is 4.12. The first kappa shape index (κ1) is 18.0. The Bertz CT molecular complexity index is 774. The van der Waals surface area contributed by atoms with Gasteiger partial charge in [-0.15, -0.1) is 0 Å². The van der Waals surface area contributed by atoms with Crippen molar-refractivity contribution in [2.75, 3.05) is 31.6 Å². The molecule has 2 aromatic rings. The summed E-state index contributed by atoms with van der Waals surface area (Å²) in [5.41, 5.74) is 0.964. The summed E-state index contributed by atoms with van der Waals surface area (Å²) in [4.78, 5) is 12.0. The van der Waals surface area contributed by atoms with E-state index in [1.165, 1.54) is 35.6 Å². The number of para-hydroxylation sites is 1. The first-order valence-corrected chi connectivity index (χ1v) is 8.82. The van der Waals surface area contributed by atoms with Crippen molar-refractivity contribution in [3.63, 3.8) is 0 Å². The van der Waals surface area contributed by atoms with Crippen LogP contribution in [0.2, 0.25) is 0 Å². The van der Waals surface area contributed by atoms with Crippen LogP contribution < -0.4 is 9.62 Å². The van der Waals surface area contributed by atoms with E-state index in [0.717, 1.165) is 0 Å². The first-order valence-electron chi connectivity index (χ1n) is 7.38. The van der Waals surface area contributed by atoms with E-state index >= 15 is 0 Å². The highest BCUT2D eigenvalue weighted by atomic mass is 32.2. The number of rotatable bonds is 7. The summed E-state index contributed by atoms with van der Waals surface area (Å²) in [6.07, 6.45) is 0. The van der Waals surface area contributed by atoms with Crippen molar-refractivity contribution in [3.05, 3.63) is 60.2 Å². The van der Waals surface area contributed by atoms with Gasteiger partial charge in [-0.2, -0.15) is 0 Å². The van der Waals surface area contributed by atoms with Crippen LogP contribution in [0.25, 0.3) is 0 Å². The number of carbonyl (C=O) groups is 1. The number of hydrogen-bond acceptors (Lipinski definition) is 4. The molecule has 6 nitrogen and oxygen atoms in total. The van der Waals surface area contributed by atoms with Crippen LogP contribution in [-0.4, -0.2) is 41.6 Å². The van der Waals surface area contributed by atoms with Crippen LogP contribution >= 0.6 is 0 Å².